The maximum atomic E-state index is 12.9. The lowest BCUT2D eigenvalue weighted by Crippen LogP contribution is -2.32. The minimum absolute atomic E-state index is 0.140. The third-order valence-electron chi connectivity index (χ3n) is 6.89. The van der Waals surface area contributed by atoms with Crippen LogP contribution in [0, 0.1) is 25.7 Å². The van der Waals surface area contributed by atoms with Gasteiger partial charge in [0.05, 0.1) is 10.9 Å². The highest BCUT2D eigenvalue weighted by Gasteiger charge is 2.36. The Hall–Kier alpha value is -3.94. The first-order chi connectivity index (χ1) is 19.0. The van der Waals surface area contributed by atoms with Gasteiger partial charge < -0.3 is 9.47 Å². The summed E-state index contributed by atoms with van der Waals surface area (Å²) in [6.07, 6.45) is 3.52. The first-order valence-corrected chi connectivity index (χ1v) is 14.6. The van der Waals surface area contributed by atoms with Gasteiger partial charge in [-0.25, -0.2) is 4.79 Å². The fourth-order valence-corrected chi connectivity index (χ4v) is 7.33. The molecule has 1 aliphatic carbocycles. The van der Waals surface area contributed by atoms with E-state index in [-0.39, 0.29) is 23.5 Å². The van der Waals surface area contributed by atoms with E-state index in [1.165, 1.54) is 14.7 Å². The van der Waals surface area contributed by atoms with Crippen molar-refractivity contribution in [2.24, 2.45) is 0 Å². The fraction of sp³-hybridized carbons (Fsp3) is 0.229. The van der Waals surface area contributed by atoms with Crippen molar-refractivity contribution in [3.63, 3.8) is 0 Å². The van der Waals surface area contributed by atoms with Crippen molar-refractivity contribution >= 4 is 16.9 Å². The molecule has 0 aliphatic heterocycles. The molecule has 0 bridgehead atoms. The monoisotopic (exact) mass is 533 g/mol. The Bertz CT molecular complexity index is 1400. The second kappa shape index (κ2) is 12.3. The first kappa shape index (κ1) is 26.7. The second-order valence-corrected chi connectivity index (χ2v) is 11.9. The number of rotatable bonds is 7. The lowest BCUT2D eigenvalue weighted by atomic mass is 10.0. The summed E-state index contributed by atoms with van der Waals surface area (Å²) in [7, 11) is -0.246. The van der Waals surface area contributed by atoms with Crippen LogP contribution in [0.1, 0.15) is 42.4 Å². The van der Waals surface area contributed by atoms with Crippen molar-refractivity contribution in [1.82, 2.24) is 0 Å². The molecule has 1 aliphatic rings. The number of esters is 1. The van der Waals surface area contributed by atoms with E-state index in [4.69, 9.17) is 9.47 Å². The Morgan fingerprint density at radius 3 is 1.82 bits per heavy atom. The molecule has 196 valence electrons. The third kappa shape index (κ3) is 6.56. The van der Waals surface area contributed by atoms with Crippen molar-refractivity contribution in [1.29, 1.82) is 0 Å². The SMILES string of the molecule is Cc1cc([S+](c2ccccc2)c2ccccc2)cc(C)c1OCC(=O)OC1(C#Cc2ccccc2)CCCC1. The second-order valence-electron chi connectivity index (χ2n) is 9.90. The van der Waals surface area contributed by atoms with Gasteiger partial charge in [-0.1, -0.05) is 60.5 Å². The van der Waals surface area contributed by atoms with Gasteiger partial charge in [-0.05, 0) is 93.0 Å². The molecule has 4 heteroatoms. The highest BCUT2D eigenvalue weighted by atomic mass is 32.2. The molecular weight excluding hydrogens is 500 g/mol. The van der Waals surface area contributed by atoms with Gasteiger partial charge in [0.25, 0.3) is 0 Å². The van der Waals surface area contributed by atoms with E-state index >= 15 is 0 Å². The third-order valence-corrected chi connectivity index (χ3v) is 9.08. The lowest BCUT2D eigenvalue weighted by molar-refractivity contribution is -0.156. The van der Waals surface area contributed by atoms with E-state index in [9.17, 15) is 4.79 Å². The van der Waals surface area contributed by atoms with Crippen molar-refractivity contribution in [3.05, 3.63) is 120 Å². The summed E-state index contributed by atoms with van der Waals surface area (Å²) in [5.41, 5.74) is 2.19. The van der Waals surface area contributed by atoms with E-state index in [1.807, 2.05) is 56.3 Å². The summed E-state index contributed by atoms with van der Waals surface area (Å²) in [6, 6.07) is 35.4. The maximum absolute atomic E-state index is 12.9. The Labute approximate surface area is 234 Å². The molecule has 0 radical (unpaired) electrons. The van der Waals surface area contributed by atoms with Gasteiger partial charge in [-0.3, -0.25) is 0 Å². The van der Waals surface area contributed by atoms with Gasteiger partial charge in [0.2, 0.25) is 0 Å². The standard InChI is InChI=1S/C35H33O3S/c1-27-24-32(39(30-16-8-4-9-17-30)31-18-10-5-11-19-31)25-28(2)34(27)37-26-33(36)38-35(21-12-13-22-35)23-20-29-14-6-3-7-15-29/h3-11,14-19,24-25H,12-13,21-22,26H2,1-2H3/q+1. The van der Waals surface area contributed by atoms with Crippen LogP contribution in [0.3, 0.4) is 0 Å². The lowest BCUT2D eigenvalue weighted by Gasteiger charge is -2.23. The highest BCUT2D eigenvalue weighted by molar-refractivity contribution is 7.97. The van der Waals surface area contributed by atoms with E-state index < -0.39 is 5.60 Å². The van der Waals surface area contributed by atoms with Crippen LogP contribution in [0.5, 0.6) is 5.75 Å². The van der Waals surface area contributed by atoms with Crippen molar-refractivity contribution < 1.29 is 14.3 Å². The number of benzene rings is 4. The topological polar surface area (TPSA) is 35.5 Å². The number of carbonyl (C=O) groups excluding carboxylic acids is 1. The molecule has 39 heavy (non-hydrogen) atoms. The van der Waals surface area contributed by atoms with Gasteiger partial charge >= 0.3 is 5.97 Å². The summed E-state index contributed by atoms with van der Waals surface area (Å²) in [5.74, 6) is 6.82. The zero-order valence-corrected chi connectivity index (χ0v) is 23.3. The largest absolute Gasteiger partial charge is 0.481 e. The Morgan fingerprint density at radius 1 is 0.769 bits per heavy atom. The van der Waals surface area contributed by atoms with Crippen LogP contribution < -0.4 is 4.74 Å². The minimum atomic E-state index is -0.732. The summed E-state index contributed by atoms with van der Waals surface area (Å²) < 4.78 is 12.0. The van der Waals surface area contributed by atoms with Crippen LogP contribution in [0.15, 0.2) is 118 Å². The van der Waals surface area contributed by atoms with Gasteiger partial charge in [0.15, 0.2) is 26.9 Å². The number of aryl methyl sites for hydroxylation is 2. The van der Waals surface area contributed by atoms with Crippen molar-refractivity contribution in [2.75, 3.05) is 6.61 Å². The zero-order chi connectivity index (χ0) is 27.1. The zero-order valence-electron chi connectivity index (χ0n) is 22.5. The highest BCUT2D eigenvalue weighted by Crippen LogP contribution is 2.36. The smallest absolute Gasteiger partial charge is 0.345 e. The van der Waals surface area contributed by atoms with Crippen LogP contribution in [0.2, 0.25) is 0 Å². The quantitative estimate of drug-likeness (QED) is 0.139. The van der Waals surface area contributed by atoms with Crippen LogP contribution in [-0.4, -0.2) is 18.2 Å². The summed E-state index contributed by atoms with van der Waals surface area (Å²) >= 11 is 0. The molecule has 3 nitrogen and oxygen atoms in total. The average molecular weight is 534 g/mol. The molecule has 1 saturated carbocycles. The predicted molar refractivity (Wildman–Crippen MR) is 157 cm³/mol. The number of carbonyl (C=O) groups is 1. The number of ether oxygens (including phenoxy) is 2. The summed E-state index contributed by atoms with van der Waals surface area (Å²) in [4.78, 5) is 16.7. The Balaban J connectivity index is 1.32. The molecule has 0 aromatic heterocycles. The molecule has 4 aromatic carbocycles. The molecular formula is C35H33O3S+. The van der Waals surface area contributed by atoms with Crippen LogP contribution in [-0.2, 0) is 20.4 Å². The van der Waals surface area contributed by atoms with Crippen molar-refractivity contribution in [3.8, 4) is 17.6 Å². The number of hydrogen-bond donors (Lipinski definition) is 0. The molecule has 0 heterocycles. The first-order valence-electron chi connectivity index (χ1n) is 13.4. The summed E-state index contributed by atoms with van der Waals surface area (Å²) in [6.45, 7) is 3.94. The predicted octanol–water partition coefficient (Wildman–Crippen LogP) is 7.69. The Morgan fingerprint density at radius 2 is 1.28 bits per heavy atom. The Kier molecular flexibility index (Phi) is 8.39. The average Bonchev–Trinajstić information content (AvgIpc) is 3.42. The molecule has 4 aromatic rings. The molecule has 5 rings (SSSR count). The van der Waals surface area contributed by atoms with Gasteiger partial charge in [0.1, 0.15) is 5.75 Å². The van der Waals surface area contributed by atoms with Crippen LogP contribution >= 0.6 is 0 Å². The summed E-state index contributed by atoms with van der Waals surface area (Å²) in [5, 5.41) is 0. The molecule has 0 saturated heterocycles. The van der Waals surface area contributed by atoms with Crippen LogP contribution in [0.4, 0.5) is 0 Å². The number of hydrogen-bond acceptors (Lipinski definition) is 3. The van der Waals surface area contributed by atoms with Gasteiger partial charge in [0, 0.05) is 17.7 Å². The van der Waals surface area contributed by atoms with Crippen LogP contribution in [0.25, 0.3) is 0 Å². The van der Waals surface area contributed by atoms with E-state index in [0.717, 1.165) is 48.1 Å². The van der Waals surface area contributed by atoms with E-state index in [1.54, 1.807) is 0 Å². The normalized spacial score (nSPS) is 13.9. The van der Waals surface area contributed by atoms with E-state index in [0.29, 0.717) is 0 Å². The molecule has 1 fully saturated rings. The minimum Gasteiger partial charge on any atom is -0.481 e. The van der Waals surface area contributed by atoms with E-state index in [2.05, 4.69) is 72.5 Å². The van der Waals surface area contributed by atoms with Gasteiger partial charge in [-0.2, -0.15) is 0 Å². The molecule has 0 amide bonds. The van der Waals surface area contributed by atoms with Crippen molar-refractivity contribution in [2.45, 2.75) is 59.8 Å². The fourth-order valence-electron chi connectivity index (χ4n) is 5.06. The molecule has 0 atom stereocenters. The maximum Gasteiger partial charge on any atom is 0.345 e. The molecule has 0 N–H and O–H groups in total. The molecule has 0 unspecified atom stereocenters. The molecule has 0 spiro atoms. The van der Waals surface area contributed by atoms with Gasteiger partial charge in [-0.15, -0.1) is 0 Å².